The maximum absolute atomic E-state index is 12.9. The van der Waals surface area contributed by atoms with Gasteiger partial charge in [0.05, 0.1) is 23.2 Å². The van der Waals surface area contributed by atoms with Crippen molar-refractivity contribution in [2.24, 2.45) is 0 Å². The van der Waals surface area contributed by atoms with E-state index in [-0.39, 0.29) is 24.2 Å². The predicted molar refractivity (Wildman–Crippen MR) is 101 cm³/mol. The van der Waals surface area contributed by atoms with E-state index in [1.807, 2.05) is 23.6 Å². The highest BCUT2D eigenvalue weighted by Crippen LogP contribution is 2.36. The van der Waals surface area contributed by atoms with Gasteiger partial charge >= 0.3 is 6.18 Å². The monoisotopic (exact) mass is 420 g/mol. The number of carbonyl (C=O) groups excluding carboxylic acids is 2. The highest BCUT2D eigenvalue weighted by atomic mass is 35.5. The van der Waals surface area contributed by atoms with E-state index < -0.39 is 22.7 Å². The third-order valence-corrected chi connectivity index (χ3v) is 4.94. The molecule has 1 aliphatic heterocycles. The van der Waals surface area contributed by atoms with Crippen LogP contribution in [0, 0.1) is 0 Å². The van der Waals surface area contributed by atoms with Gasteiger partial charge in [0.25, 0.3) is 0 Å². The van der Waals surface area contributed by atoms with E-state index >= 15 is 0 Å². The average molecular weight is 421 g/mol. The summed E-state index contributed by atoms with van der Waals surface area (Å²) in [6.45, 7) is 6.77. The van der Waals surface area contributed by atoms with Gasteiger partial charge in [0.15, 0.2) is 0 Å². The first-order chi connectivity index (χ1) is 13.1. The number of hydrogen-bond acceptors (Lipinski definition) is 4. The Hall–Kier alpha value is -1.84. The van der Waals surface area contributed by atoms with Crippen LogP contribution in [0.2, 0.25) is 5.02 Å². The van der Waals surface area contributed by atoms with E-state index in [1.165, 1.54) is 6.07 Å². The lowest BCUT2D eigenvalue weighted by atomic mass is 10.2. The molecule has 1 saturated heterocycles. The van der Waals surface area contributed by atoms with Gasteiger partial charge in [-0.2, -0.15) is 13.2 Å². The van der Waals surface area contributed by atoms with Crippen LogP contribution in [0.1, 0.15) is 19.4 Å². The zero-order valence-electron chi connectivity index (χ0n) is 15.8. The topological polar surface area (TPSA) is 64.7 Å². The Labute approximate surface area is 167 Å². The summed E-state index contributed by atoms with van der Waals surface area (Å²) in [5, 5.41) is 4.85. The molecule has 6 nitrogen and oxygen atoms in total. The maximum atomic E-state index is 12.9. The fraction of sp³-hybridized carbons (Fsp3) is 0.556. The SMILES string of the molecule is CCNC(=O)[C@H](C)N1CCN(CC(=O)Nc2ccc(Cl)c(C(F)(F)F)c2)CC1. The van der Waals surface area contributed by atoms with Crippen molar-refractivity contribution < 1.29 is 22.8 Å². The molecule has 156 valence electrons. The minimum atomic E-state index is -4.59. The number of halogens is 4. The molecule has 0 aliphatic carbocycles. The van der Waals surface area contributed by atoms with E-state index in [0.717, 1.165) is 12.1 Å². The molecule has 28 heavy (non-hydrogen) atoms. The average Bonchev–Trinajstić information content (AvgIpc) is 2.62. The molecule has 1 heterocycles. The molecule has 0 saturated carbocycles. The molecule has 1 fully saturated rings. The summed E-state index contributed by atoms with van der Waals surface area (Å²) >= 11 is 5.58. The second-order valence-corrected chi connectivity index (χ2v) is 7.03. The smallest absolute Gasteiger partial charge is 0.355 e. The highest BCUT2D eigenvalue weighted by molar-refractivity contribution is 6.31. The molecule has 0 unspecified atom stereocenters. The van der Waals surface area contributed by atoms with Crippen molar-refractivity contribution in [1.29, 1.82) is 0 Å². The molecular formula is C18H24ClF3N4O2. The number of benzene rings is 1. The van der Waals surface area contributed by atoms with E-state index in [4.69, 9.17) is 11.6 Å². The van der Waals surface area contributed by atoms with Crippen LogP contribution in [0.25, 0.3) is 0 Å². The number of hydrogen-bond donors (Lipinski definition) is 2. The summed E-state index contributed by atoms with van der Waals surface area (Å²) in [7, 11) is 0. The number of nitrogens with one attached hydrogen (secondary N) is 2. The molecule has 0 spiro atoms. The van der Waals surface area contributed by atoms with Gasteiger partial charge in [-0.3, -0.25) is 19.4 Å². The first-order valence-electron chi connectivity index (χ1n) is 9.02. The van der Waals surface area contributed by atoms with Gasteiger partial charge in [0.1, 0.15) is 0 Å². The van der Waals surface area contributed by atoms with Crippen molar-refractivity contribution in [2.45, 2.75) is 26.1 Å². The molecule has 1 aromatic carbocycles. The molecule has 0 radical (unpaired) electrons. The Morgan fingerprint density at radius 3 is 2.43 bits per heavy atom. The van der Waals surface area contributed by atoms with Crippen LogP contribution >= 0.6 is 11.6 Å². The largest absolute Gasteiger partial charge is 0.417 e. The van der Waals surface area contributed by atoms with Crippen molar-refractivity contribution in [3.63, 3.8) is 0 Å². The van der Waals surface area contributed by atoms with Crippen LogP contribution < -0.4 is 10.6 Å². The summed E-state index contributed by atoms with van der Waals surface area (Å²) in [5.74, 6) is -0.433. The Kier molecular flexibility index (Phi) is 7.68. The van der Waals surface area contributed by atoms with E-state index in [2.05, 4.69) is 10.6 Å². The molecule has 2 N–H and O–H groups in total. The molecule has 1 aliphatic rings. The number of piperazine rings is 1. The Balaban J connectivity index is 1.86. The van der Waals surface area contributed by atoms with Gasteiger partial charge in [0.2, 0.25) is 11.8 Å². The molecule has 0 aromatic heterocycles. The number of likely N-dealkylation sites (N-methyl/N-ethyl adjacent to an activating group) is 1. The van der Waals surface area contributed by atoms with Gasteiger partial charge in [0, 0.05) is 38.4 Å². The van der Waals surface area contributed by atoms with Crippen molar-refractivity contribution in [3.05, 3.63) is 28.8 Å². The van der Waals surface area contributed by atoms with Crippen LogP contribution in [0.15, 0.2) is 18.2 Å². The number of alkyl halides is 3. The maximum Gasteiger partial charge on any atom is 0.417 e. The fourth-order valence-corrected chi connectivity index (χ4v) is 3.25. The standard InChI is InChI=1S/C18H24ClF3N4O2/c1-3-23-17(28)12(2)26-8-6-25(7-9-26)11-16(27)24-13-4-5-15(19)14(10-13)18(20,21)22/h4-5,10,12H,3,6-9,11H2,1-2H3,(H,23,28)(H,24,27)/t12-/m0/s1. The summed E-state index contributed by atoms with van der Waals surface area (Å²) in [4.78, 5) is 28.0. The lowest BCUT2D eigenvalue weighted by molar-refractivity contribution is -0.137. The van der Waals surface area contributed by atoms with Crippen LogP contribution in [-0.4, -0.2) is 66.9 Å². The zero-order valence-corrected chi connectivity index (χ0v) is 16.5. The number of anilines is 1. The number of rotatable bonds is 6. The lowest BCUT2D eigenvalue weighted by Gasteiger charge is -2.37. The summed E-state index contributed by atoms with van der Waals surface area (Å²) < 4.78 is 38.7. The fourth-order valence-electron chi connectivity index (χ4n) is 3.02. The van der Waals surface area contributed by atoms with Gasteiger partial charge in [-0.05, 0) is 32.0 Å². The quantitative estimate of drug-likeness (QED) is 0.742. The van der Waals surface area contributed by atoms with E-state index in [1.54, 1.807) is 0 Å². The first kappa shape index (κ1) is 22.4. The van der Waals surface area contributed by atoms with Crippen molar-refractivity contribution in [1.82, 2.24) is 15.1 Å². The van der Waals surface area contributed by atoms with Crippen molar-refractivity contribution >= 4 is 29.1 Å². The Morgan fingerprint density at radius 1 is 1.21 bits per heavy atom. The molecule has 2 amide bonds. The molecule has 0 bridgehead atoms. The van der Waals surface area contributed by atoms with Crippen LogP contribution in [0.3, 0.4) is 0 Å². The van der Waals surface area contributed by atoms with Crippen LogP contribution in [0.5, 0.6) is 0 Å². The van der Waals surface area contributed by atoms with Gasteiger partial charge < -0.3 is 10.6 Å². The molecular weight excluding hydrogens is 397 g/mol. The molecule has 1 aromatic rings. The second-order valence-electron chi connectivity index (χ2n) is 6.62. The minimum absolute atomic E-state index is 0.0306. The zero-order chi connectivity index (χ0) is 20.9. The van der Waals surface area contributed by atoms with Crippen molar-refractivity contribution in [3.8, 4) is 0 Å². The molecule has 1 atom stereocenters. The van der Waals surface area contributed by atoms with Gasteiger partial charge in [-0.25, -0.2) is 0 Å². The van der Waals surface area contributed by atoms with Gasteiger partial charge in [-0.1, -0.05) is 11.6 Å². The number of amides is 2. The normalized spacial score (nSPS) is 17.2. The van der Waals surface area contributed by atoms with Crippen LogP contribution in [-0.2, 0) is 15.8 Å². The van der Waals surface area contributed by atoms with Crippen LogP contribution in [0.4, 0.5) is 18.9 Å². The Bertz CT molecular complexity index is 707. The van der Waals surface area contributed by atoms with E-state index in [9.17, 15) is 22.8 Å². The third-order valence-electron chi connectivity index (χ3n) is 4.61. The molecule has 2 rings (SSSR count). The first-order valence-corrected chi connectivity index (χ1v) is 9.40. The van der Waals surface area contributed by atoms with Crippen molar-refractivity contribution in [2.75, 3.05) is 44.6 Å². The predicted octanol–water partition coefficient (Wildman–Crippen LogP) is 2.44. The third kappa shape index (κ3) is 6.08. The van der Waals surface area contributed by atoms with Gasteiger partial charge in [-0.15, -0.1) is 0 Å². The lowest BCUT2D eigenvalue weighted by Crippen LogP contribution is -2.54. The number of nitrogens with zero attached hydrogens (tertiary/aromatic N) is 2. The minimum Gasteiger partial charge on any atom is -0.355 e. The summed E-state index contributed by atoms with van der Waals surface area (Å²) in [6, 6.07) is 3.03. The highest BCUT2D eigenvalue weighted by Gasteiger charge is 2.33. The summed E-state index contributed by atoms with van der Waals surface area (Å²) in [6.07, 6.45) is -4.59. The Morgan fingerprint density at radius 2 is 1.86 bits per heavy atom. The second kappa shape index (κ2) is 9.58. The van der Waals surface area contributed by atoms with E-state index in [0.29, 0.717) is 32.7 Å². The number of carbonyl (C=O) groups is 2. The molecule has 10 heteroatoms. The summed E-state index contributed by atoms with van der Waals surface area (Å²) in [5.41, 5.74) is -0.940.